The van der Waals surface area contributed by atoms with Gasteiger partial charge in [0.25, 0.3) is 0 Å². The van der Waals surface area contributed by atoms with Crippen molar-refractivity contribution in [3.05, 3.63) is 23.8 Å². The van der Waals surface area contributed by atoms with Gasteiger partial charge in [0.05, 0.1) is 0 Å². The topological polar surface area (TPSA) is 61.4 Å². The smallest absolute Gasteiger partial charge is 0.227 e. The van der Waals surface area contributed by atoms with Crippen molar-refractivity contribution in [2.75, 3.05) is 18.4 Å². The molecule has 0 bridgehead atoms. The molecule has 0 radical (unpaired) electrons. The number of aryl methyl sites for hydroxylation is 1. The Kier molecular flexibility index (Phi) is 5.44. The van der Waals surface area contributed by atoms with Gasteiger partial charge in [0.15, 0.2) is 0 Å². The number of phenols is 1. The van der Waals surface area contributed by atoms with Crippen molar-refractivity contribution >= 4 is 24.0 Å². The van der Waals surface area contributed by atoms with Crippen LogP contribution in [0.2, 0.25) is 0 Å². The molecular formula is C13H19ClN2O2. The van der Waals surface area contributed by atoms with Crippen molar-refractivity contribution < 1.29 is 9.90 Å². The lowest BCUT2D eigenvalue weighted by Gasteiger charge is -2.21. The molecule has 1 aromatic rings. The average Bonchev–Trinajstić information content (AvgIpc) is 2.35. The molecule has 1 saturated heterocycles. The highest BCUT2D eigenvalue weighted by molar-refractivity contribution is 5.92. The van der Waals surface area contributed by atoms with Crippen molar-refractivity contribution in [1.29, 1.82) is 0 Å². The lowest BCUT2D eigenvalue weighted by atomic mass is 9.97. The SMILES string of the molecule is Cc1cc(NC(=O)C2CCNCC2)ccc1O.Cl. The van der Waals surface area contributed by atoms with Crippen LogP contribution in [-0.2, 0) is 4.79 Å². The van der Waals surface area contributed by atoms with Crippen molar-refractivity contribution in [3.8, 4) is 5.75 Å². The molecule has 0 spiro atoms. The van der Waals surface area contributed by atoms with Crippen LogP contribution in [0.25, 0.3) is 0 Å². The predicted octanol–water partition coefficient (Wildman–Crippen LogP) is 2.06. The molecule has 1 aromatic carbocycles. The maximum absolute atomic E-state index is 12.0. The van der Waals surface area contributed by atoms with Gasteiger partial charge in [-0.3, -0.25) is 4.79 Å². The molecule has 0 aliphatic carbocycles. The molecule has 1 heterocycles. The van der Waals surface area contributed by atoms with Gasteiger partial charge in [-0.05, 0) is 56.6 Å². The average molecular weight is 271 g/mol. The number of benzene rings is 1. The molecule has 1 amide bonds. The van der Waals surface area contributed by atoms with E-state index in [-0.39, 0.29) is 30.0 Å². The fourth-order valence-electron chi connectivity index (χ4n) is 2.06. The minimum Gasteiger partial charge on any atom is -0.508 e. The standard InChI is InChI=1S/C13H18N2O2.ClH/c1-9-8-11(2-3-12(9)16)15-13(17)10-4-6-14-7-5-10;/h2-3,8,10,14,16H,4-7H2,1H3,(H,15,17);1H. The third kappa shape index (κ3) is 3.62. The van der Waals surface area contributed by atoms with Gasteiger partial charge in [-0.15, -0.1) is 12.4 Å². The van der Waals surface area contributed by atoms with Crippen LogP contribution < -0.4 is 10.6 Å². The predicted molar refractivity (Wildman–Crippen MR) is 74.3 cm³/mol. The lowest BCUT2D eigenvalue weighted by Crippen LogP contribution is -2.34. The number of carbonyl (C=O) groups excluding carboxylic acids is 1. The zero-order valence-electron chi connectivity index (χ0n) is 10.4. The maximum Gasteiger partial charge on any atom is 0.227 e. The second-order valence-electron chi connectivity index (χ2n) is 4.51. The van der Waals surface area contributed by atoms with E-state index in [1.54, 1.807) is 18.2 Å². The number of piperidine rings is 1. The lowest BCUT2D eigenvalue weighted by molar-refractivity contribution is -0.120. The van der Waals surface area contributed by atoms with Crippen LogP contribution in [0.1, 0.15) is 18.4 Å². The Labute approximate surface area is 113 Å². The van der Waals surface area contributed by atoms with Gasteiger partial charge in [0.1, 0.15) is 5.75 Å². The number of halogens is 1. The maximum atomic E-state index is 12.0. The van der Waals surface area contributed by atoms with Crippen molar-refractivity contribution in [3.63, 3.8) is 0 Å². The molecule has 18 heavy (non-hydrogen) atoms. The van der Waals surface area contributed by atoms with Crippen LogP contribution in [0, 0.1) is 12.8 Å². The fourth-order valence-corrected chi connectivity index (χ4v) is 2.06. The summed E-state index contributed by atoms with van der Waals surface area (Å²) in [5, 5.41) is 15.5. The van der Waals surface area contributed by atoms with E-state index in [1.165, 1.54) is 0 Å². The molecule has 5 heteroatoms. The van der Waals surface area contributed by atoms with E-state index in [0.717, 1.165) is 37.2 Å². The normalized spacial score (nSPS) is 15.8. The molecule has 1 aliphatic heterocycles. The van der Waals surface area contributed by atoms with Gasteiger partial charge >= 0.3 is 0 Å². The summed E-state index contributed by atoms with van der Waals surface area (Å²) in [5.41, 5.74) is 1.52. The van der Waals surface area contributed by atoms with Crippen LogP contribution in [0.15, 0.2) is 18.2 Å². The molecule has 2 rings (SSSR count). The van der Waals surface area contributed by atoms with E-state index in [0.29, 0.717) is 0 Å². The molecule has 1 aliphatic rings. The first kappa shape index (κ1) is 14.8. The number of anilines is 1. The van der Waals surface area contributed by atoms with E-state index >= 15 is 0 Å². The first-order chi connectivity index (χ1) is 8.16. The molecule has 0 atom stereocenters. The van der Waals surface area contributed by atoms with E-state index in [1.807, 2.05) is 6.92 Å². The minimum atomic E-state index is 0. The fraction of sp³-hybridized carbons (Fsp3) is 0.462. The first-order valence-corrected chi connectivity index (χ1v) is 5.98. The van der Waals surface area contributed by atoms with Gasteiger partial charge in [-0.25, -0.2) is 0 Å². The van der Waals surface area contributed by atoms with Crippen LogP contribution in [0.3, 0.4) is 0 Å². The molecule has 0 unspecified atom stereocenters. The number of rotatable bonds is 2. The second kappa shape index (κ2) is 6.61. The van der Waals surface area contributed by atoms with Crippen molar-refractivity contribution in [1.82, 2.24) is 5.32 Å². The molecule has 0 aromatic heterocycles. The third-order valence-corrected chi connectivity index (χ3v) is 3.17. The summed E-state index contributed by atoms with van der Waals surface area (Å²) in [6.45, 7) is 3.63. The van der Waals surface area contributed by atoms with Crippen molar-refractivity contribution in [2.24, 2.45) is 5.92 Å². The number of hydrogen-bond donors (Lipinski definition) is 3. The number of phenolic OH excluding ortho intramolecular Hbond substituents is 1. The highest BCUT2D eigenvalue weighted by atomic mass is 35.5. The van der Waals surface area contributed by atoms with Crippen LogP contribution in [0.5, 0.6) is 5.75 Å². The quantitative estimate of drug-likeness (QED) is 0.721. The molecule has 1 fully saturated rings. The van der Waals surface area contributed by atoms with E-state index < -0.39 is 0 Å². The Balaban J connectivity index is 0.00000162. The van der Waals surface area contributed by atoms with E-state index in [9.17, 15) is 9.90 Å². The Hall–Kier alpha value is -1.26. The zero-order valence-corrected chi connectivity index (χ0v) is 11.2. The first-order valence-electron chi connectivity index (χ1n) is 5.98. The Morgan fingerprint density at radius 2 is 2.06 bits per heavy atom. The van der Waals surface area contributed by atoms with Gasteiger partial charge in [-0.2, -0.15) is 0 Å². The summed E-state index contributed by atoms with van der Waals surface area (Å²) in [5.74, 6) is 0.437. The molecule has 0 saturated carbocycles. The Morgan fingerprint density at radius 1 is 1.39 bits per heavy atom. The highest BCUT2D eigenvalue weighted by Gasteiger charge is 2.20. The number of amides is 1. The molecule has 100 valence electrons. The molecule has 3 N–H and O–H groups in total. The van der Waals surface area contributed by atoms with Gasteiger partial charge in [-0.1, -0.05) is 0 Å². The van der Waals surface area contributed by atoms with Crippen LogP contribution >= 0.6 is 12.4 Å². The number of aromatic hydroxyl groups is 1. The summed E-state index contributed by atoms with van der Waals surface area (Å²) in [7, 11) is 0. The summed E-state index contributed by atoms with van der Waals surface area (Å²) in [6, 6.07) is 5.11. The van der Waals surface area contributed by atoms with Gasteiger partial charge < -0.3 is 15.7 Å². The zero-order chi connectivity index (χ0) is 12.3. The summed E-state index contributed by atoms with van der Waals surface area (Å²) in [4.78, 5) is 12.0. The van der Waals surface area contributed by atoms with E-state index in [2.05, 4.69) is 10.6 Å². The Bertz CT molecular complexity index is 417. The van der Waals surface area contributed by atoms with Gasteiger partial charge in [0, 0.05) is 11.6 Å². The minimum absolute atomic E-state index is 0. The highest BCUT2D eigenvalue weighted by Crippen LogP contribution is 2.21. The monoisotopic (exact) mass is 270 g/mol. The second-order valence-corrected chi connectivity index (χ2v) is 4.51. The molecular weight excluding hydrogens is 252 g/mol. The van der Waals surface area contributed by atoms with E-state index in [4.69, 9.17) is 0 Å². The summed E-state index contributed by atoms with van der Waals surface area (Å²) >= 11 is 0. The van der Waals surface area contributed by atoms with Crippen LogP contribution in [-0.4, -0.2) is 24.1 Å². The van der Waals surface area contributed by atoms with Crippen LogP contribution in [0.4, 0.5) is 5.69 Å². The number of nitrogens with one attached hydrogen (secondary N) is 2. The number of carbonyl (C=O) groups is 1. The molecule has 4 nitrogen and oxygen atoms in total. The van der Waals surface area contributed by atoms with Crippen molar-refractivity contribution in [2.45, 2.75) is 19.8 Å². The van der Waals surface area contributed by atoms with Gasteiger partial charge in [0.2, 0.25) is 5.91 Å². The summed E-state index contributed by atoms with van der Waals surface area (Å²) in [6.07, 6.45) is 1.78. The Morgan fingerprint density at radius 3 is 2.67 bits per heavy atom. The number of hydrogen-bond acceptors (Lipinski definition) is 3. The third-order valence-electron chi connectivity index (χ3n) is 3.17. The largest absolute Gasteiger partial charge is 0.508 e. The summed E-state index contributed by atoms with van der Waals surface area (Å²) < 4.78 is 0.